The Balaban J connectivity index is 2.83. The Bertz CT molecular complexity index is 348. The summed E-state index contributed by atoms with van der Waals surface area (Å²) < 4.78 is 0. The molecule has 0 heterocycles. The summed E-state index contributed by atoms with van der Waals surface area (Å²) in [7, 11) is 0. The lowest BCUT2D eigenvalue weighted by Crippen LogP contribution is -1.99. The van der Waals surface area contributed by atoms with Crippen molar-refractivity contribution in [1.29, 1.82) is 0 Å². The summed E-state index contributed by atoms with van der Waals surface area (Å²) in [5.41, 5.74) is 0.434. The van der Waals surface area contributed by atoms with Gasteiger partial charge in [-0.25, -0.2) is 0 Å². The fraction of sp³-hybridized carbons (Fsp3) is 0.222. The minimum Gasteiger partial charge on any atom is -0.294 e. The van der Waals surface area contributed by atoms with Crippen LogP contribution in [0.25, 0.3) is 0 Å². The number of hydrogen-bond acceptors (Lipinski definition) is 3. The molecule has 1 aromatic rings. The van der Waals surface area contributed by atoms with Crippen LogP contribution >= 0.6 is 11.6 Å². The van der Waals surface area contributed by atoms with Gasteiger partial charge < -0.3 is 0 Å². The Morgan fingerprint density at radius 1 is 1.36 bits per heavy atom. The molecule has 1 rings (SSSR count). The predicted molar refractivity (Wildman–Crippen MR) is 52.8 cm³/mol. The number of alkyl halides is 1. The summed E-state index contributed by atoms with van der Waals surface area (Å²) in [5, 5.41) is 10.3. The highest BCUT2D eigenvalue weighted by Gasteiger charge is 2.08. The van der Waals surface area contributed by atoms with Gasteiger partial charge in [-0.05, 0) is 12.1 Å². The first-order chi connectivity index (χ1) is 6.65. The summed E-state index contributed by atoms with van der Waals surface area (Å²) in [6, 6.07) is 5.49. The molecule has 0 fully saturated rings. The summed E-state index contributed by atoms with van der Waals surface area (Å²) in [6.45, 7) is 0. The van der Waals surface area contributed by atoms with Crippen molar-refractivity contribution in [2.24, 2.45) is 0 Å². The second kappa shape index (κ2) is 4.72. The fourth-order valence-electron chi connectivity index (χ4n) is 0.999. The van der Waals surface area contributed by atoms with E-state index in [0.717, 1.165) is 0 Å². The second-order valence-electron chi connectivity index (χ2n) is 2.67. The van der Waals surface area contributed by atoms with E-state index in [1.165, 1.54) is 24.3 Å². The van der Waals surface area contributed by atoms with Gasteiger partial charge in [0.2, 0.25) is 0 Å². The second-order valence-corrected chi connectivity index (χ2v) is 3.04. The number of ketones is 1. The van der Waals surface area contributed by atoms with E-state index >= 15 is 0 Å². The zero-order valence-electron chi connectivity index (χ0n) is 7.27. The zero-order chi connectivity index (χ0) is 10.6. The van der Waals surface area contributed by atoms with Gasteiger partial charge in [-0.2, -0.15) is 0 Å². The lowest BCUT2D eigenvalue weighted by molar-refractivity contribution is -0.384. The molecule has 0 aromatic heterocycles. The van der Waals surface area contributed by atoms with Crippen LogP contribution < -0.4 is 0 Å². The van der Waals surface area contributed by atoms with Crippen molar-refractivity contribution in [3.8, 4) is 0 Å². The number of nitro benzene ring substituents is 1. The highest BCUT2D eigenvalue weighted by molar-refractivity contribution is 6.19. The van der Waals surface area contributed by atoms with Crippen molar-refractivity contribution in [3.05, 3.63) is 39.9 Å². The predicted octanol–water partition coefficient (Wildman–Crippen LogP) is 2.41. The van der Waals surface area contributed by atoms with Gasteiger partial charge in [-0.1, -0.05) is 0 Å². The van der Waals surface area contributed by atoms with Crippen molar-refractivity contribution in [3.63, 3.8) is 0 Å². The molecule has 0 unspecified atom stereocenters. The maximum absolute atomic E-state index is 11.3. The highest BCUT2D eigenvalue weighted by Crippen LogP contribution is 2.13. The number of nitrogens with zero attached hydrogens (tertiary/aromatic N) is 1. The van der Waals surface area contributed by atoms with Crippen LogP contribution in [-0.2, 0) is 0 Å². The van der Waals surface area contributed by atoms with Crippen molar-refractivity contribution in [1.82, 2.24) is 0 Å². The summed E-state index contributed by atoms with van der Waals surface area (Å²) in [4.78, 5) is 21.1. The molecule has 0 saturated heterocycles. The molecule has 0 atom stereocenters. The van der Waals surface area contributed by atoms with E-state index in [-0.39, 0.29) is 23.8 Å². The molecule has 4 nitrogen and oxygen atoms in total. The third kappa shape index (κ3) is 2.53. The van der Waals surface area contributed by atoms with Crippen LogP contribution in [0.2, 0.25) is 0 Å². The minimum atomic E-state index is -0.504. The molecule has 0 bridgehead atoms. The van der Waals surface area contributed by atoms with E-state index < -0.39 is 4.92 Å². The third-order valence-electron chi connectivity index (χ3n) is 1.72. The first kappa shape index (κ1) is 10.7. The van der Waals surface area contributed by atoms with Crippen LogP contribution in [-0.4, -0.2) is 16.6 Å². The van der Waals surface area contributed by atoms with Gasteiger partial charge in [0.05, 0.1) is 4.92 Å². The number of carbonyl (C=O) groups is 1. The van der Waals surface area contributed by atoms with Crippen molar-refractivity contribution < 1.29 is 9.72 Å². The van der Waals surface area contributed by atoms with E-state index in [1.54, 1.807) is 0 Å². The number of benzene rings is 1. The molecule has 0 amide bonds. The SMILES string of the molecule is O=C(CCCl)c1ccc([N+](=O)[O-])cc1. The monoisotopic (exact) mass is 213 g/mol. The number of Topliss-reactive ketones (excluding diaryl/α,β-unsaturated/α-hetero) is 1. The van der Waals surface area contributed by atoms with E-state index in [1.807, 2.05) is 0 Å². The standard InChI is InChI=1S/C9H8ClNO3/c10-6-5-9(12)7-1-3-8(4-2-7)11(13)14/h1-4H,5-6H2. The third-order valence-corrected chi connectivity index (χ3v) is 1.91. The van der Waals surface area contributed by atoms with Crippen molar-refractivity contribution in [2.75, 3.05) is 5.88 Å². The number of hydrogen-bond donors (Lipinski definition) is 0. The minimum absolute atomic E-state index is 0.0209. The van der Waals surface area contributed by atoms with Gasteiger partial charge in [0.15, 0.2) is 5.78 Å². The number of halogens is 1. The molecule has 0 aliphatic heterocycles. The average molecular weight is 214 g/mol. The van der Waals surface area contributed by atoms with Gasteiger partial charge in [0.25, 0.3) is 5.69 Å². The topological polar surface area (TPSA) is 60.2 Å². The van der Waals surface area contributed by atoms with Gasteiger partial charge >= 0.3 is 0 Å². The van der Waals surface area contributed by atoms with Crippen LogP contribution in [0.3, 0.4) is 0 Å². The molecule has 1 aromatic carbocycles. The molecule has 0 saturated carbocycles. The molecule has 0 spiro atoms. The van der Waals surface area contributed by atoms with E-state index in [2.05, 4.69) is 0 Å². The first-order valence-electron chi connectivity index (χ1n) is 3.99. The van der Waals surface area contributed by atoms with E-state index in [0.29, 0.717) is 5.56 Å². The maximum Gasteiger partial charge on any atom is 0.269 e. The summed E-state index contributed by atoms with van der Waals surface area (Å²) in [5.74, 6) is 0.158. The molecule has 74 valence electrons. The van der Waals surface area contributed by atoms with Crippen molar-refractivity contribution in [2.45, 2.75) is 6.42 Å². The smallest absolute Gasteiger partial charge is 0.269 e. The molecule has 0 N–H and O–H groups in total. The lowest BCUT2D eigenvalue weighted by atomic mass is 10.1. The number of carbonyl (C=O) groups excluding carboxylic acids is 1. The molecule has 5 heteroatoms. The van der Waals surface area contributed by atoms with Gasteiger partial charge in [0.1, 0.15) is 0 Å². The molecular weight excluding hydrogens is 206 g/mol. The number of nitro groups is 1. The average Bonchev–Trinajstić information content (AvgIpc) is 2.18. The molecule has 0 aliphatic rings. The lowest BCUT2D eigenvalue weighted by Gasteiger charge is -1.97. The van der Waals surface area contributed by atoms with Gasteiger partial charge in [0, 0.05) is 30.0 Å². The number of rotatable bonds is 4. The Morgan fingerprint density at radius 2 is 1.93 bits per heavy atom. The first-order valence-corrected chi connectivity index (χ1v) is 4.52. The number of non-ortho nitro benzene ring substituents is 1. The van der Waals surface area contributed by atoms with E-state index in [4.69, 9.17) is 11.6 Å². The van der Waals surface area contributed by atoms with Crippen LogP contribution in [0.4, 0.5) is 5.69 Å². The summed E-state index contributed by atoms with van der Waals surface area (Å²) in [6.07, 6.45) is 0.249. The van der Waals surface area contributed by atoms with Gasteiger partial charge in [-0.15, -0.1) is 11.6 Å². The zero-order valence-corrected chi connectivity index (χ0v) is 8.03. The van der Waals surface area contributed by atoms with Crippen LogP contribution in [0.15, 0.2) is 24.3 Å². The van der Waals surface area contributed by atoms with Gasteiger partial charge in [-0.3, -0.25) is 14.9 Å². The largest absolute Gasteiger partial charge is 0.294 e. The Hall–Kier alpha value is -1.42. The van der Waals surface area contributed by atoms with Crippen LogP contribution in [0, 0.1) is 10.1 Å². The Labute approximate surface area is 85.6 Å². The maximum atomic E-state index is 11.3. The Kier molecular flexibility index (Phi) is 3.59. The molecule has 0 aliphatic carbocycles. The van der Waals surface area contributed by atoms with Crippen LogP contribution in [0.5, 0.6) is 0 Å². The fourth-order valence-corrected chi connectivity index (χ4v) is 1.17. The van der Waals surface area contributed by atoms with Crippen LogP contribution in [0.1, 0.15) is 16.8 Å². The normalized spacial score (nSPS) is 9.79. The molecule has 0 radical (unpaired) electrons. The molecule has 14 heavy (non-hydrogen) atoms. The highest BCUT2D eigenvalue weighted by atomic mass is 35.5. The summed E-state index contributed by atoms with van der Waals surface area (Å²) >= 11 is 5.40. The molecular formula is C9H8ClNO3. The quantitative estimate of drug-likeness (QED) is 0.334. The van der Waals surface area contributed by atoms with Crippen molar-refractivity contribution >= 4 is 23.1 Å². The Morgan fingerprint density at radius 3 is 2.36 bits per heavy atom. The van der Waals surface area contributed by atoms with E-state index in [9.17, 15) is 14.9 Å².